The van der Waals surface area contributed by atoms with Gasteiger partial charge in [-0.05, 0) is 13.5 Å². The van der Waals surface area contributed by atoms with Crippen LogP contribution in [-0.4, -0.2) is 59.1 Å². The number of hydrogen-bond acceptors (Lipinski definition) is 6. The van der Waals surface area contributed by atoms with Gasteiger partial charge in [-0.25, -0.2) is 4.98 Å². The van der Waals surface area contributed by atoms with E-state index in [1.54, 1.807) is 11.8 Å². The van der Waals surface area contributed by atoms with Crippen LogP contribution < -0.4 is 0 Å². The van der Waals surface area contributed by atoms with Crippen LogP contribution in [0.1, 0.15) is 17.5 Å². The quantitative estimate of drug-likeness (QED) is 0.809. The largest absolute Gasteiger partial charge is 0.481 e. The predicted octanol–water partition coefficient (Wildman–Crippen LogP) is 1.89. The first-order valence-electron chi connectivity index (χ1n) is 6.73. The SMILES string of the molecule is CCN1CCOC(CSc2nc(C)c(CC(=O)O)s2)C1. The van der Waals surface area contributed by atoms with E-state index in [1.165, 1.54) is 11.3 Å². The lowest BCUT2D eigenvalue weighted by atomic mass is 10.3. The Morgan fingerprint density at radius 3 is 3.15 bits per heavy atom. The first-order chi connectivity index (χ1) is 9.58. The molecule has 1 aromatic heterocycles. The predicted molar refractivity (Wildman–Crippen MR) is 80.8 cm³/mol. The molecule has 0 amide bonds. The first-order valence-corrected chi connectivity index (χ1v) is 8.53. The average Bonchev–Trinajstić information content (AvgIpc) is 2.76. The van der Waals surface area contributed by atoms with E-state index in [9.17, 15) is 4.79 Å². The van der Waals surface area contributed by atoms with Crippen molar-refractivity contribution in [3.63, 3.8) is 0 Å². The number of likely N-dealkylation sites (N-methyl/N-ethyl adjacent to an activating group) is 1. The summed E-state index contributed by atoms with van der Waals surface area (Å²) in [5.74, 6) is 0.0678. The molecule has 1 saturated heterocycles. The highest BCUT2D eigenvalue weighted by Gasteiger charge is 2.20. The average molecular weight is 316 g/mol. The minimum atomic E-state index is -0.803. The van der Waals surface area contributed by atoms with Crippen LogP contribution in [0.4, 0.5) is 0 Å². The van der Waals surface area contributed by atoms with Gasteiger partial charge in [-0.1, -0.05) is 18.7 Å². The summed E-state index contributed by atoms with van der Waals surface area (Å²) >= 11 is 3.15. The van der Waals surface area contributed by atoms with Crippen LogP contribution in [0.25, 0.3) is 0 Å². The van der Waals surface area contributed by atoms with Crippen LogP contribution in [0, 0.1) is 6.92 Å². The minimum Gasteiger partial charge on any atom is -0.481 e. The summed E-state index contributed by atoms with van der Waals surface area (Å²) in [5.41, 5.74) is 0.833. The van der Waals surface area contributed by atoms with Gasteiger partial charge in [0.05, 0.1) is 24.8 Å². The van der Waals surface area contributed by atoms with Crippen molar-refractivity contribution in [3.8, 4) is 0 Å². The zero-order chi connectivity index (χ0) is 14.5. The monoisotopic (exact) mass is 316 g/mol. The highest BCUT2D eigenvalue weighted by molar-refractivity contribution is 8.01. The normalized spacial score (nSPS) is 20.2. The lowest BCUT2D eigenvalue weighted by Gasteiger charge is -2.31. The fourth-order valence-electron chi connectivity index (χ4n) is 2.10. The first kappa shape index (κ1) is 15.8. The van der Waals surface area contributed by atoms with E-state index < -0.39 is 5.97 Å². The molecule has 2 heterocycles. The van der Waals surface area contributed by atoms with E-state index in [0.29, 0.717) is 0 Å². The van der Waals surface area contributed by atoms with E-state index in [-0.39, 0.29) is 12.5 Å². The molecular formula is C13H20N2O3S2. The molecule has 0 aromatic carbocycles. The molecule has 0 radical (unpaired) electrons. The molecule has 1 aliphatic heterocycles. The van der Waals surface area contributed by atoms with Gasteiger partial charge in [-0.15, -0.1) is 11.3 Å². The second-order valence-corrected chi connectivity index (χ2v) is 7.11. The van der Waals surface area contributed by atoms with Crippen molar-refractivity contribution in [1.82, 2.24) is 9.88 Å². The van der Waals surface area contributed by atoms with Crippen molar-refractivity contribution in [2.24, 2.45) is 0 Å². The van der Waals surface area contributed by atoms with Crippen LogP contribution in [0.15, 0.2) is 4.34 Å². The van der Waals surface area contributed by atoms with Crippen molar-refractivity contribution in [3.05, 3.63) is 10.6 Å². The number of carboxylic acids is 1. The Hall–Kier alpha value is -0.630. The lowest BCUT2D eigenvalue weighted by Crippen LogP contribution is -2.43. The summed E-state index contributed by atoms with van der Waals surface area (Å²) in [6.45, 7) is 7.86. The van der Waals surface area contributed by atoms with Crippen molar-refractivity contribution in [2.45, 2.75) is 30.7 Å². The van der Waals surface area contributed by atoms with Gasteiger partial charge in [-0.2, -0.15) is 0 Å². The molecule has 20 heavy (non-hydrogen) atoms. The van der Waals surface area contributed by atoms with Gasteiger partial charge in [0, 0.05) is 23.7 Å². The van der Waals surface area contributed by atoms with Gasteiger partial charge in [-0.3, -0.25) is 9.69 Å². The van der Waals surface area contributed by atoms with E-state index in [0.717, 1.165) is 46.9 Å². The molecule has 1 unspecified atom stereocenters. The molecule has 5 nitrogen and oxygen atoms in total. The number of aromatic nitrogens is 1. The summed E-state index contributed by atoms with van der Waals surface area (Å²) < 4.78 is 6.69. The summed E-state index contributed by atoms with van der Waals surface area (Å²) in [4.78, 5) is 18.4. The van der Waals surface area contributed by atoms with Crippen LogP contribution in [0.5, 0.6) is 0 Å². The topological polar surface area (TPSA) is 62.7 Å². The fourth-order valence-corrected chi connectivity index (χ4v) is 4.35. The van der Waals surface area contributed by atoms with E-state index >= 15 is 0 Å². The van der Waals surface area contributed by atoms with Crippen LogP contribution in [-0.2, 0) is 16.0 Å². The number of aliphatic carboxylic acids is 1. The summed E-state index contributed by atoms with van der Waals surface area (Å²) in [6.07, 6.45) is 0.300. The van der Waals surface area contributed by atoms with E-state index in [2.05, 4.69) is 16.8 Å². The zero-order valence-corrected chi connectivity index (χ0v) is 13.4. The van der Waals surface area contributed by atoms with Crippen molar-refractivity contribution >= 4 is 29.1 Å². The number of carboxylic acid groups (broad SMARTS) is 1. The minimum absolute atomic E-state index is 0.0631. The molecule has 0 bridgehead atoms. The third-order valence-electron chi connectivity index (χ3n) is 3.25. The van der Waals surface area contributed by atoms with Crippen LogP contribution in [0.3, 0.4) is 0 Å². The number of carbonyl (C=O) groups is 1. The second-order valence-electron chi connectivity index (χ2n) is 4.76. The van der Waals surface area contributed by atoms with Crippen LogP contribution >= 0.6 is 23.1 Å². The van der Waals surface area contributed by atoms with Gasteiger partial charge in [0.2, 0.25) is 0 Å². The fraction of sp³-hybridized carbons (Fsp3) is 0.692. The van der Waals surface area contributed by atoms with Crippen molar-refractivity contribution in [2.75, 3.05) is 32.0 Å². The Labute approximate surface area is 127 Å². The van der Waals surface area contributed by atoms with Crippen molar-refractivity contribution < 1.29 is 14.6 Å². The molecule has 1 N–H and O–H groups in total. The third-order valence-corrected chi connectivity index (χ3v) is 5.68. The maximum atomic E-state index is 10.8. The summed E-state index contributed by atoms with van der Waals surface area (Å²) in [6, 6.07) is 0. The molecular weight excluding hydrogens is 296 g/mol. The van der Waals surface area contributed by atoms with E-state index in [1.807, 2.05) is 6.92 Å². The Kier molecular flexibility index (Phi) is 5.83. The van der Waals surface area contributed by atoms with Crippen molar-refractivity contribution in [1.29, 1.82) is 0 Å². The molecule has 0 aliphatic carbocycles. The molecule has 2 rings (SSSR count). The number of nitrogens with zero attached hydrogens (tertiary/aromatic N) is 2. The molecule has 1 fully saturated rings. The van der Waals surface area contributed by atoms with E-state index in [4.69, 9.17) is 9.84 Å². The summed E-state index contributed by atoms with van der Waals surface area (Å²) in [5, 5.41) is 8.84. The maximum Gasteiger partial charge on any atom is 0.308 e. The van der Waals surface area contributed by atoms with Gasteiger partial charge in [0.15, 0.2) is 0 Å². The molecule has 0 spiro atoms. The Balaban J connectivity index is 1.86. The standard InChI is InChI=1S/C13H20N2O3S2/c1-3-15-4-5-18-10(7-15)8-19-13-14-9(2)11(20-13)6-12(16)17/h10H,3-8H2,1-2H3,(H,16,17). The number of thioether (sulfide) groups is 1. The van der Waals surface area contributed by atoms with Gasteiger partial charge >= 0.3 is 5.97 Å². The Morgan fingerprint density at radius 1 is 1.65 bits per heavy atom. The third kappa shape index (κ3) is 4.44. The molecule has 112 valence electrons. The Morgan fingerprint density at radius 2 is 2.45 bits per heavy atom. The molecule has 1 aliphatic rings. The smallest absolute Gasteiger partial charge is 0.308 e. The number of aryl methyl sites for hydroxylation is 1. The number of morpholine rings is 1. The van der Waals surface area contributed by atoms with Gasteiger partial charge in [0.25, 0.3) is 0 Å². The molecule has 1 aromatic rings. The van der Waals surface area contributed by atoms with Gasteiger partial charge < -0.3 is 9.84 Å². The highest BCUT2D eigenvalue weighted by atomic mass is 32.2. The molecule has 7 heteroatoms. The summed E-state index contributed by atoms with van der Waals surface area (Å²) in [7, 11) is 0. The highest BCUT2D eigenvalue weighted by Crippen LogP contribution is 2.28. The number of ether oxygens (including phenoxy) is 1. The number of rotatable bonds is 6. The second kappa shape index (κ2) is 7.40. The Bertz CT molecular complexity index is 464. The number of hydrogen-bond donors (Lipinski definition) is 1. The molecule has 1 atom stereocenters. The number of thiazole rings is 1. The van der Waals surface area contributed by atoms with Gasteiger partial charge in [0.1, 0.15) is 4.34 Å². The lowest BCUT2D eigenvalue weighted by molar-refractivity contribution is -0.136. The zero-order valence-electron chi connectivity index (χ0n) is 11.8. The maximum absolute atomic E-state index is 10.8. The molecule has 0 saturated carbocycles. The van der Waals surface area contributed by atoms with Crippen LogP contribution in [0.2, 0.25) is 0 Å².